The Bertz CT molecular complexity index is 633. The largest absolute Gasteiger partial charge is 0.493 e. The average molecular weight is 307 g/mol. The normalized spacial score (nSPS) is 10.4. The minimum atomic E-state index is -3.04. The van der Waals surface area contributed by atoms with Crippen LogP contribution >= 0.6 is 0 Å². The predicted octanol–water partition coefficient (Wildman–Crippen LogP) is 3.23. The van der Waals surface area contributed by atoms with Gasteiger partial charge in [0.1, 0.15) is 0 Å². The van der Waals surface area contributed by atoms with Crippen molar-refractivity contribution in [3.05, 3.63) is 59.7 Å². The number of ether oxygens (including phenoxy) is 2. The number of alkyl halides is 2. The fourth-order valence-corrected chi connectivity index (χ4v) is 1.94. The van der Waals surface area contributed by atoms with E-state index >= 15 is 0 Å². The molecule has 0 aliphatic carbocycles. The van der Waals surface area contributed by atoms with E-state index in [0.29, 0.717) is 0 Å². The number of hydrogen-bond acceptors (Lipinski definition) is 3. The van der Waals surface area contributed by atoms with Gasteiger partial charge >= 0.3 is 6.61 Å². The topological polar surface area (TPSA) is 47.6 Å². The molecule has 2 rings (SSSR count). The van der Waals surface area contributed by atoms with E-state index in [9.17, 15) is 13.6 Å². The number of para-hydroxylation sites is 1. The summed E-state index contributed by atoms with van der Waals surface area (Å²) in [7, 11) is 1.32. The van der Waals surface area contributed by atoms with Gasteiger partial charge in [0, 0.05) is 6.54 Å². The fourth-order valence-electron chi connectivity index (χ4n) is 1.94. The molecule has 0 unspecified atom stereocenters. The average Bonchev–Trinajstić information content (AvgIpc) is 2.53. The zero-order valence-corrected chi connectivity index (χ0v) is 11.9. The molecule has 1 amide bonds. The molecule has 0 aliphatic rings. The summed E-state index contributed by atoms with van der Waals surface area (Å²) in [4.78, 5) is 12.2. The predicted molar refractivity (Wildman–Crippen MR) is 77.2 cm³/mol. The molecular formula is C16H15F2NO3. The monoisotopic (exact) mass is 307 g/mol. The lowest BCUT2D eigenvalue weighted by molar-refractivity contribution is -0.0515. The van der Waals surface area contributed by atoms with E-state index in [1.807, 2.05) is 30.3 Å². The molecule has 0 atom stereocenters. The summed E-state index contributed by atoms with van der Waals surface area (Å²) >= 11 is 0. The molecule has 0 saturated heterocycles. The summed E-state index contributed by atoms with van der Waals surface area (Å²) < 4.78 is 34.4. The molecule has 1 N–H and O–H groups in total. The molecule has 2 aromatic rings. The van der Waals surface area contributed by atoms with Crippen molar-refractivity contribution >= 4 is 5.91 Å². The van der Waals surface area contributed by atoms with Crippen molar-refractivity contribution in [1.29, 1.82) is 0 Å². The molecule has 0 radical (unpaired) electrons. The van der Waals surface area contributed by atoms with Crippen LogP contribution in [0.5, 0.6) is 11.5 Å². The quantitative estimate of drug-likeness (QED) is 0.891. The Morgan fingerprint density at radius 3 is 2.50 bits per heavy atom. The lowest BCUT2D eigenvalue weighted by Gasteiger charge is -2.14. The number of nitrogens with one attached hydrogen (secondary N) is 1. The summed E-state index contributed by atoms with van der Waals surface area (Å²) in [6.07, 6.45) is 0. The van der Waals surface area contributed by atoms with Gasteiger partial charge in [-0.05, 0) is 17.7 Å². The van der Waals surface area contributed by atoms with E-state index in [1.54, 1.807) is 0 Å². The van der Waals surface area contributed by atoms with E-state index in [4.69, 9.17) is 4.74 Å². The van der Waals surface area contributed by atoms with Gasteiger partial charge in [0.05, 0.1) is 12.7 Å². The summed E-state index contributed by atoms with van der Waals surface area (Å²) in [6, 6.07) is 13.6. The minimum Gasteiger partial charge on any atom is -0.493 e. The Morgan fingerprint density at radius 2 is 1.86 bits per heavy atom. The Kier molecular flexibility index (Phi) is 5.30. The van der Waals surface area contributed by atoms with Crippen molar-refractivity contribution in [1.82, 2.24) is 5.32 Å². The summed E-state index contributed by atoms with van der Waals surface area (Å²) in [5.41, 5.74) is 0.894. The third-order valence-electron chi connectivity index (χ3n) is 2.95. The molecule has 0 aliphatic heterocycles. The minimum absolute atomic E-state index is 0.00409. The van der Waals surface area contributed by atoms with Crippen LogP contribution in [-0.4, -0.2) is 19.6 Å². The number of carbonyl (C=O) groups excluding carboxylic acids is 1. The lowest BCUT2D eigenvalue weighted by Crippen LogP contribution is -2.24. The molecule has 0 heterocycles. The van der Waals surface area contributed by atoms with Crippen LogP contribution in [0, 0.1) is 0 Å². The van der Waals surface area contributed by atoms with Crippen LogP contribution in [0.4, 0.5) is 8.78 Å². The van der Waals surface area contributed by atoms with Gasteiger partial charge in [-0.15, -0.1) is 0 Å². The Labute approximate surface area is 126 Å². The van der Waals surface area contributed by atoms with Crippen LogP contribution in [0.3, 0.4) is 0 Å². The summed E-state index contributed by atoms with van der Waals surface area (Å²) in [6.45, 7) is -2.76. The Balaban J connectivity index is 2.18. The van der Waals surface area contributed by atoms with Gasteiger partial charge in [0.2, 0.25) is 0 Å². The molecule has 0 fully saturated rings. The number of rotatable bonds is 6. The van der Waals surface area contributed by atoms with Crippen molar-refractivity contribution in [3.63, 3.8) is 0 Å². The van der Waals surface area contributed by atoms with Crippen molar-refractivity contribution < 1.29 is 23.0 Å². The Morgan fingerprint density at radius 1 is 1.14 bits per heavy atom. The van der Waals surface area contributed by atoms with E-state index in [0.717, 1.165) is 5.56 Å². The highest BCUT2D eigenvalue weighted by Crippen LogP contribution is 2.32. The van der Waals surface area contributed by atoms with E-state index in [1.165, 1.54) is 25.3 Å². The Hall–Kier alpha value is -2.63. The number of carbonyl (C=O) groups is 1. The van der Waals surface area contributed by atoms with Gasteiger partial charge in [0.15, 0.2) is 11.5 Å². The molecule has 0 spiro atoms. The van der Waals surface area contributed by atoms with Crippen LogP contribution in [0.25, 0.3) is 0 Å². The van der Waals surface area contributed by atoms with Crippen LogP contribution in [0.2, 0.25) is 0 Å². The third-order valence-corrected chi connectivity index (χ3v) is 2.95. The van der Waals surface area contributed by atoms with E-state index in [-0.39, 0.29) is 23.6 Å². The number of amides is 1. The van der Waals surface area contributed by atoms with Crippen molar-refractivity contribution in [2.45, 2.75) is 13.2 Å². The van der Waals surface area contributed by atoms with Gasteiger partial charge in [-0.25, -0.2) is 0 Å². The maximum absolute atomic E-state index is 12.5. The maximum atomic E-state index is 12.5. The smallest absolute Gasteiger partial charge is 0.387 e. The van der Waals surface area contributed by atoms with Gasteiger partial charge < -0.3 is 14.8 Å². The molecular weight excluding hydrogens is 292 g/mol. The van der Waals surface area contributed by atoms with Crippen LogP contribution in [0.15, 0.2) is 48.5 Å². The first-order chi connectivity index (χ1) is 10.6. The highest BCUT2D eigenvalue weighted by atomic mass is 19.3. The molecule has 6 heteroatoms. The molecule has 0 aromatic heterocycles. The highest BCUT2D eigenvalue weighted by Gasteiger charge is 2.20. The van der Waals surface area contributed by atoms with Gasteiger partial charge in [-0.1, -0.05) is 36.4 Å². The standard InChI is InChI=1S/C16H15F2NO3/c1-21-13-9-5-8-12(14(13)22-16(17)18)15(20)19-10-11-6-3-2-4-7-11/h2-9,16H,10H2,1H3,(H,19,20). The van der Waals surface area contributed by atoms with Gasteiger partial charge in [0.25, 0.3) is 5.91 Å². The first kappa shape index (κ1) is 15.8. The summed E-state index contributed by atoms with van der Waals surface area (Å²) in [5.74, 6) is -0.711. The number of halogens is 2. The van der Waals surface area contributed by atoms with E-state index < -0.39 is 12.5 Å². The van der Waals surface area contributed by atoms with Crippen molar-refractivity contribution in [2.75, 3.05) is 7.11 Å². The number of methoxy groups -OCH3 is 1. The van der Waals surface area contributed by atoms with Crippen molar-refractivity contribution in [2.24, 2.45) is 0 Å². The SMILES string of the molecule is COc1cccc(C(=O)NCc2ccccc2)c1OC(F)F. The van der Waals surface area contributed by atoms with E-state index in [2.05, 4.69) is 10.1 Å². The molecule has 0 saturated carbocycles. The molecule has 4 nitrogen and oxygen atoms in total. The second-order valence-electron chi connectivity index (χ2n) is 4.38. The maximum Gasteiger partial charge on any atom is 0.387 e. The van der Waals surface area contributed by atoms with Crippen LogP contribution < -0.4 is 14.8 Å². The second-order valence-corrected chi connectivity index (χ2v) is 4.38. The lowest BCUT2D eigenvalue weighted by atomic mass is 10.1. The third kappa shape index (κ3) is 3.94. The highest BCUT2D eigenvalue weighted by molar-refractivity contribution is 5.97. The molecule has 2 aromatic carbocycles. The van der Waals surface area contributed by atoms with Crippen molar-refractivity contribution in [3.8, 4) is 11.5 Å². The zero-order chi connectivity index (χ0) is 15.9. The first-order valence-corrected chi connectivity index (χ1v) is 6.55. The molecule has 22 heavy (non-hydrogen) atoms. The first-order valence-electron chi connectivity index (χ1n) is 6.55. The van der Waals surface area contributed by atoms with Gasteiger partial charge in [-0.3, -0.25) is 4.79 Å². The number of benzene rings is 2. The molecule has 0 bridgehead atoms. The van der Waals surface area contributed by atoms with Gasteiger partial charge in [-0.2, -0.15) is 8.78 Å². The second kappa shape index (κ2) is 7.40. The zero-order valence-electron chi connectivity index (χ0n) is 11.9. The molecule has 116 valence electrons. The summed E-state index contributed by atoms with van der Waals surface area (Å²) in [5, 5.41) is 2.66. The van der Waals surface area contributed by atoms with Crippen LogP contribution in [-0.2, 0) is 6.54 Å². The van der Waals surface area contributed by atoms with Crippen LogP contribution in [0.1, 0.15) is 15.9 Å². The number of hydrogen-bond donors (Lipinski definition) is 1. The fraction of sp³-hybridized carbons (Fsp3) is 0.188.